The maximum atomic E-state index is 6.01. The van der Waals surface area contributed by atoms with Gasteiger partial charge in [-0.2, -0.15) is 0 Å². The van der Waals surface area contributed by atoms with Gasteiger partial charge in [0.25, 0.3) is 0 Å². The molecule has 2 N–H and O–H groups in total. The van der Waals surface area contributed by atoms with Crippen molar-refractivity contribution < 1.29 is 0 Å². The molecule has 1 nitrogen and oxygen atoms in total. The van der Waals surface area contributed by atoms with Crippen molar-refractivity contribution in [1.82, 2.24) is 0 Å². The van der Waals surface area contributed by atoms with Gasteiger partial charge in [-0.15, -0.1) is 6.58 Å². The number of allylic oxidation sites excluding steroid dienone is 1. The molecule has 0 saturated heterocycles. The van der Waals surface area contributed by atoms with E-state index in [1.807, 2.05) is 24.3 Å². The summed E-state index contributed by atoms with van der Waals surface area (Å²) in [4.78, 5) is 0. The quantitative estimate of drug-likeness (QED) is 0.660. The molecule has 0 bridgehead atoms. The van der Waals surface area contributed by atoms with E-state index in [-0.39, 0.29) is 6.04 Å². The van der Waals surface area contributed by atoms with Gasteiger partial charge < -0.3 is 5.73 Å². The van der Waals surface area contributed by atoms with Crippen molar-refractivity contribution in [3.63, 3.8) is 0 Å². The van der Waals surface area contributed by atoms with Crippen LogP contribution in [-0.4, -0.2) is 0 Å². The molecule has 1 aromatic rings. The van der Waals surface area contributed by atoms with Gasteiger partial charge in [0.05, 0.1) is 5.02 Å². The molecule has 1 atom stereocenters. The van der Waals surface area contributed by atoms with Crippen LogP contribution in [0.4, 0.5) is 0 Å². The molecule has 1 rings (SSSR count). The Morgan fingerprint density at radius 1 is 1.57 bits per heavy atom. The van der Waals surface area contributed by atoms with Gasteiger partial charge in [0.1, 0.15) is 0 Å². The van der Waals surface area contributed by atoms with Crippen LogP contribution in [0, 0.1) is 3.57 Å². The highest BCUT2D eigenvalue weighted by Gasteiger charge is 2.06. The maximum Gasteiger partial charge on any atom is 0.0542 e. The monoisotopic (exact) mass is 321 g/mol. The molecular formula is C11H13ClIN. The second-order valence-corrected chi connectivity index (χ2v) is 4.72. The van der Waals surface area contributed by atoms with Crippen molar-refractivity contribution in [2.75, 3.05) is 0 Å². The van der Waals surface area contributed by atoms with Crippen molar-refractivity contribution in [2.45, 2.75) is 18.9 Å². The summed E-state index contributed by atoms with van der Waals surface area (Å²) in [6.07, 6.45) is 3.74. The summed E-state index contributed by atoms with van der Waals surface area (Å²) >= 11 is 8.21. The van der Waals surface area contributed by atoms with Gasteiger partial charge >= 0.3 is 0 Å². The molecule has 3 heteroatoms. The summed E-state index contributed by atoms with van der Waals surface area (Å²) in [6.45, 7) is 3.68. The number of nitrogens with two attached hydrogens (primary N) is 1. The summed E-state index contributed by atoms with van der Waals surface area (Å²) in [5.41, 5.74) is 7.09. The molecule has 0 fully saturated rings. The minimum absolute atomic E-state index is 0.0579. The van der Waals surface area contributed by atoms with Crippen molar-refractivity contribution in [1.29, 1.82) is 0 Å². The molecule has 0 saturated carbocycles. The molecule has 14 heavy (non-hydrogen) atoms. The van der Waals surface area contributed by atoms with E-state index in [9.17, 15) is 0 Å². The molecule has 1 unspecified atom stereocenters. The number of benzene rings is 1. The summed E-state index contributed by atoms with van der Waals surface area (Å²) in [5.74, 6) is 0. The number of hydrogen-bond donors (Lipinski definition) is 1. The van der Waals surface area contributed by atoms with Gasteiger partial charge in [0, 0.05) is 9.61 Å². The lowest BCUT2D eigenvalue weighted by atomic mass is 10.0. The van der Waals surface area contributed by atoms with Gasteiger partial charge in [-0.3, -0.25) is 0 Å². The Hall–Kier alpha value is -0.0600. The second kappa shape index (κ2) is 5.73. The van der Waals surface area contributed by atoms with E-state index in [0.717, 1.165) is 27.0 Å². The molecule has 0 aromatic heterocycles. The first-order chi connectivity index (χ1) is 6.65. The van der Waals surface area contributed by atoms with Crippen LogP contribution in [0.25, 0.3) is 0 Å². The number of rotatable bonds is 4. The lowest BCUT2D eigenvalue weighted by Gasteiger charge is -2.11. The zero-order chi connectivity index (χ0) is 10.6. The molecular weight excluding hydrogens is 308 g/mol. The zero-order valence-electron chi connectivity index (χ0n) is 7.84. The zero-order valence-corrected chi connectivity index (χ0v) is 10.8. The van der Waals surface area contributed by atoms with E-state index in [4.69, 9.17) is 17.3 Å². The standard InChI is InChI=1S/C11H13ClIN/c1-2-3-4-11(14)8-5-6-10(13)9(12)7-8/h2,5-7,11H,1,3-4,14H2. The molecule has 1 aromatic carbocycles. The van der Waals surface area contributed by atoms with Crippen molar-refractivity contribution in [2.24, 2.45) is 5.73 Å². The van der Waals surface area contributed by atoms with Gasteiger partial charge in [-0.25, -0.2) is 0 Å². The van der Waals surface area contributed by atoms with E-state index in [1.54, 1.807) is 0 Å². The lowest BCUT2D eigenvalue weighted by Crippen LogP contribution is -2.09. The van der Waals surface area contributed by atoms with Crippen LogP contribution in [0.3, 0.4) is 0 Å². The third-order valence-electron chi connectivity index (χ3n) is 2.05. The Kier molecular flexibility index (Phi) is 4.92. The number of hydrogen-bond acceptors (Lipinski definition) is 1. The van der Waals surface area contributed by atoms with E-state index in [2.05, 4.69) is 29.2 Å². The molecule has 0 radical (unpaired) electrons. The largest absolute Gasteiger partial charge is 0.324 e. The maximum absolute atomic E-state index is 6.01. The van der Waals surface area contributed by atoms with Crippen molar-refractivity contribution >= 4 is 34.2 Å². The van der Waals surface area contributed by atoms with Crippen molar-refractivity contribution in [3.05, 3.63) is 45.0 Å². The van der Waals surface area contributed by atoms with E-state index in [1.165, 1.54) is 0 Å². The summed E-state index contributed by atoms with van der Waals surface area (Å²) in [7, 11) is 0. The molecule has 0 aliphatic carbocycles. The first-order valence-corrected chi connectivity index (χ1v) is 5.92. The van der Waals surface area contributed by atoms with E-state index < -0.39 is 0 Å². The highest BCUT2D eigenvalue weighted by Crippen LogP contribution is 2.24. The van der Waals surface area contributed by atoms with Crippen LogP contribution in [0.5, 0.6) is 0 Å². The van der Waals surface area contributed by atoms with Gasteiger partial charge in [0.2, 0.25) is 0 Å². The molecule has 76 valence electrons. The first kappa shape index (κ1) is 12.0. The highest BCUT2D eigenvalue weighted by molar-refractivity contribution is 14.1. The highest BCUT2D eigenvalue weighted by atomic mass is 127. The molecule has 0 aliphatic heterocycles. The lowest BCUT2D eigenvalue weighted by molar-refractivity contribution is 0.661. The first-order valence-electron chi connectivity index (χ1n) is 4.46. The fraction of sp³-hybridized carbons (Fsp3) is 0.273. The third kappa shape index (κ3) is 3.26. The Morgan fingerprint density at radius 2 is 2.29 bits per heavy atom. The average Bonchev–Trinajstić information content (AvgIpc) is 2.18. The number of halogens is 2. The predicted octanol–water partition coefficient (Wildman–Crippen LogP) is 3.91. The molecule has 0 amide bonds. The van der Waals surface area contributed by atoms with Crippen LogP contribution in [0.2, 0.25) is 5.02 Å². The van der Waals surface area contributed by atoms with Crippen LogP contribution in [-0.2, 0) is 0 Å². The second-order valence-electron chi connectivity index (χ2n) is 3.15. The minimum atomic E-state index is 0.0579. The normalized spacial score (nSPS) is 12.5. The van der Waals surface area contributed by atoms with Crippen LogP contribution in [0.1, 0.15) is 24.4 Å². The summed E-state index contributed by atoms with van der Waals surface area (Å²) in [6, 6.07) is 6.02. The third-order valence-corrected chi connectivity index (χ3v) is 3.63. The Labute approximate surface area is 103 Å². The Bertz CT molecular complexity index is 325. The van der Waals surface area contributed by atoms with E-state index >= 15 is 0 Å². The molecule has 0 aliphatic rings. The van der Waals surface area contributed by atoms with Crippen LogP contribution in [0.15, 0.2) is 30.9 Å². The predicted molar refractivity (Wildman–Crippen MR) is 70.5 cm³/mol. The SMILES string of the molecule is C=CCCC(N)c1ccc(I)c(Cl)c1. The molecule has 0 heterocycles. The fourth-order valence-electron chi connectivity index (χ4n) is 1.21. The van der Waals surface area contributed by atoms with Gasteiger partial charge in [-0.05, 0) is 53.1 Å². The smallest absolute Gasteiger partial charge is 0.0542 e. The van der Waals surface area contributed by atoms with E-state index in [0.29, 0.717) is 0 Å². The summed E-state index contributed by atoms with van der Waals surface area (Å²) in [5, 5.41) is 0.775. The fourth-order valence-corrected chi connectivity index (χ4v) is 1.73. The van der Waals surface area contributed by atoms with Gasteiger partial charge in [0.15, 0.2) is 0 Å². The molecule has 0 spiro atoms. The topological polar surface area (TPSA) is 26.0 Å². The van der Waals surface area contributed by atoms with Crippen LogP contribution >= 0.6 is 34.2 Å². The minimum Gasteiger partial charge on any atom is -0.324 e. The average molecular weight is 322 g/mol. The summed E-state index contributed by atoms with van der Waals surface area (Å²) < 4.78 is 1.06. The van der Waals surface area contributed by atoms with Crippen molar-refractivity contribution in [3.8, 4) is 0 Å². The van der Waals surface area contributed by atoms with Gasteiger partial charge in [-0.1, -0.05) is 23.7 Å². The Balaban J connectivity index is 2.75. The Morgan fingerprint density at radius 3 is 2.86 bits per heavy atom. The van der Waals surface area contributed by atoms with Crippen LogP contribution < -0.4 is 5.73 Å².